The summed E-state index contributed by atoms with van der Waals surface area (Å²) in [4.78, 5) is 15.2. The fourth-order valence-corrected chi connectivity index (χ4v) is 2.33. The fraction of sp³-hybridized carbons (Fsp3) is 0.0714. The van der Waals surface area contributed by atoms with E-state index in [1.807, 2.05) is 0 Å². The monoisotopic (exact) mass is 341 g/mol. The highest BCUT2D eigenvalue weighted by atomic mass is 35.5. The van der Waals surface area contributed by atoms with Gasteiger partial charge in [-0.2, -0.15) is 18.3 Å². The SMILES string of the molecule is O=C(O)c1nn(-c2cc(C(F)(F)F)ccc2Cl)c2ncccc12. The van der Waals surface area contributed by atoms with Gasteiger partial charge in [-0.15, -0.1) is 0 Å². The number of fused-ring (bicyclic) bond motifs is 1. The van der Waals surface area contributed by atoms with E-state index in [1.165, 1.54) is 18.3 Å². The van der Waals surface area contributed by atoms with Gasteiger partial charge in [0.25, 0.3) is 0 Å². The largest absolute Gasteiger partial charge is 0.476 e. The van der Waals surface area contributed by atoms with Gasteiger partial charge in [0.2, 0.25) is 0 Å². The first-order chi connectivity index (χ1) is 10.8. The standard InChI is InChI=1S/C14H7ClF3N3O2/c15-9-4-3-7(14(16,17)18)6-10(9)21-12-8(2-1-5-19-12)11(20-21)13(22)23/h1-6H,(H,22,23). The molecule has 0 amide bonds. The molecule has 0 aliphatic rings. The number of hydrogen-bond acceptors (Lipinski definition) is 3. The molecule has 0 unspecified atom stereocenters. The molecule has 2 heterocycles. The quantitative estimate of drug-likeness (QED) is 0.770. The lowest BCUT2D eigenvalue weighted by Crippen LogP contribution is -2.08. The van der Waals surface area contributed by atoms with Crippen LogP contribution in [0.25, 0.3) is 16.7 Å². The zero-order chi connectivity index (χ0) is 16.8. The lowest BCUT2D eigenvalue weighted by Gasteiger charge is -2.10. The average Bonchev–Trinajstić information content (AvgIpc) is 2.86. The van der Waals surface area contributed by atoms with Gasteiger partial charge < -0.3 is 5.11 Å². The number of aromatic carboxylic acids is 1. The second kappa shape index (κ2) is 5.24. The third-order valence-corrected chi connectivity index (χ3v) is 3.47. The van der Waals surface area contributed by atoms with Crippen molar-refractivity contribution in [1.29, 1.82) is 0 Å². The minimum atomic E-state index is -4.56. The van der Waals surface area contributed by atoms with Crippen LogP contribution in [0.2, 0.25) is 5.02 Å². The molecule has 5 nitrogen and oxygen atoms in total. The zero-order valence-corrected chi connectivity index (χ0v) is 11.9. The van der Waals surface area contributed by atoms with Crippen molar-refractivity contribution in [3.8, 4) is 5.69 Å². The fourth-order valence-electron chi connectivity index (χ4n) is 2.13. The molecule has 0 bridgehead atoms. The molecule has 0 saturated heterocycles. The molecule has 0 spiro atoms. The van der Waals surface area contributed by atoms with E-state index in [-0.39, 0.29) is 27.4 Å². The van der Waals surface area contributed by atoms with Crippen molar-refractivity contribution < 1.29 is 23.1 Å². The first-order valence-electron chi connectivity index (χ1n) is 6.23. The topological polar surface area (TPSA) is 68.0 Å². The van der Waals surface area contributed by atoms with Crippen molar-refractivity contribution in [3.63, 3.8) is 0 Å². The molecular formula is C14H7ClF3N3O2. The third-order valence-electron chi connectivity index (χ3n) is 3.15. The highest BCUT2D eigenvalue weighted by Gasteiger charge is 2.31. The molecule has 0 saturated carbocycles. The van der Waals surface area contributed by atoms with Crippen LogP contribution in [0.3, 0.4) is 0 Å². The third kappa shape index (κ3) is 2.61. The average molecular weight is 342 g/mol. The maximum absolute atomic E-state index is 12.9. The van der Waals surface area contributed by atoms with E-state index in [0.29, 0.717) is 0 Å². The Morgan fingerprint density at radius 1 is 1.26 bits per heavy atom. The molecule has 0 aliphatic heterocycles. The van der Waals surface area contributed by atoms with Gasteiger partial charge in [0.15, 0.2) is 11.3 Å². The first-order valence-corrected chi connectivity index (χ1v) is 6.61. The zero-order valence-electron chi connectivity index (χ0n) is 11.2. The van der Waals surface area contributed by atoms with E-state index >= 15 is 0 Å². The van der Waals surface area contributed by atoms with E-state index < -0.39 is 17.7 Å². The van der Waals surface area contributed by atoms with Crippen LogP contribution in [0.5, 0.6) is 0 Å². The number of rotatable bonds is 2. The summed E-state index contributed by atoms with van der Waals surface area (Å²) >= 11 is 5.97. The van der Waals surface area contributed by atoms with Crippen LogP contribution >= 0.6 is 11.6 Å². The Morgan fingerprint density at radius 3 is 2.65 bits per heavy atom. The van der Waals surface area contributed by atoms with Gasteiger partial charge in [-0.05, 0) is 30.3 Å². The van der Waals surface area contributed by atoms with Gasteiger partial charge in [-0.3, -0.25) is 0 Å². The number of alkyl halides is 3. The van der Waals surface area contributed by atoms with Gasteiger partial charge >= 0.3 is 12.1 Å². The molecular weight excluding hydrogens is 335 g/mol. The van der Waals surface area contributed by atoms with Gasteiger partial charge in [0, 0.05) is 6.20 Å². The summed E-state index contributed by atoms with van der Waals surface area (Å²) in [6.45, 7) is 0. The number of benzene rings is 1. The molecule has 0 fully saturated rings. The highest BCUT2D eigenvalue weighted by Crippen LogP contribution is 2.34. The number of carbonyl (C=O) groups is 1. The summed E-state index contributed by atoms with van der Waals surface area (Å²) in [5.74, 6) is -1.31. The molecule has 118 valence electrons. The minimum absolute atomic E-state index is 0.00927. The van der Waals surface area contributed by atoms with E-state index in [0.717, 1.165) is 22.9 Å². The van der Waals surface area contributed by atoms with Crippen molar-refractivity contribution in [1.82, 2.24) is 14.8 Å². The maximum Gasteiger partial charge on any atom is 0.416 e. The Bertz CT molecular complexity index is 921. The molecule has 0 aliphatic carbocycles. The van der Waals surface area contributed by atoms with E-state index in [1.54, 1.807) is 0 Å². The number of hydrogen-bond donors (Lipinski definition) is 1. The van der Waals surface area contributed by atoms with Crippen molar-refractivity contribution in [2.75, 3.05) is 0 Å². The predicted octanol–water partition coefficient (Wildman–Crippen LogP) is 3.79. The van der Waals surface area contributed by atoms with Crippen LogP contribution in [0.15, 0.2) is 36.5 Å². The first kappa shape index (κ1) is 15.3. The van der Waals surface area contributed by atoms with Crippen LogP contribution in [-0.2, 0) is 6.18 Å². The second-order valence-electron chi connectivity index (χ2n) is 4.60. The Labute approximate surface area is 131 Å². The Hall–Kier alpha value is -2.61. The smallest absolute Gasteiger partial charge is 0.416 e. The molecule has 0 radical (unpaired) electrons. The normalized spacial score (nSPS) is 11.8. The summed E-state index contributed by atoms with van der Waals surface area (Å²) < 4.78 is 39.6. The molecule has 2 aromatic heterocycles. The number of halogens is 4. The van der Waals surface area contributed by atoms with E-state index in [2.05, 4.69) is 10.1 Å². The van der Waals surface area contributed by atoms with Gasteiger partial charge in [0.05, 0.1) is 21.7 Å². The molecule has 9 heteroatoms. The minimum Gasteiger partial charge on any atom is -0.476 e. The number of pyridine rings is 1. The van der Waals surface area contributed by atoms with Crippen LogP contribution in [0.4, 0.5) is 13.2 Å². The number of nitrogens with zero attached hydrogens (tertiary/aromatic N) is 3. The number of carboxylic acid groups (broad SMARTS) is 1. The summed E-state index contributed by atoms with van der Waals surface area (Å²) in [5, 5.41) is 13.2. The molecule has 0 atom stereocenters. The Balaban J connectivity index is 2.31. The summed E-state index contributed by atoms with van der Waals surface area (Å²) in [6.07, 6.45) is -3.18. The van der Waals surface area contributed by atoms with Crippen molar-refractivity contribution >= 4 is 28.6 Å². The molecule has 1 N–H and O–H groups in total. The van der Waals surface area contributed by atoms with Crippen molar-refractivity contribution in [2.45, 2.75) is 6.18 Å². The summed E-state index contributed by atoms with van der Waals surface area (Å²) in [6, 6.07) is 5.69. The van der Waals surface area contributed by atoms with Crippen LogP contribution < -0.4 is 0 Å². The molecule has 3 rings (SSSR count). The van der Waals surface area contributed by atoms with Crippen molar-refractivity contribution in [2.24, 2.45) is 0 Å². The Morgan fingerprint density at radius 2 is 2.00 bits per heavy atom. The maximum atomic E-state index is 12.9. The van der Waals surface area contributed by atoms with Crippen LogP contribution in [0.1, 0.15) is 16.1 Å². The highest BCUT2D eigenvalue weighted by molar-refractivity contribution is 6.32. The molecule has 3 aromatic rings. The predicted molar refractivity (Wildman–Crippen MR) is 75.8 cm³/mol. The molecule has 1 aromatic carbocycles. The van der Waals surface area contributed by atoms with E-state index in [9.17, 15) is 23.1 Å². The summed E-state index contributed by atoms with van der Waals surface area (Å²) in [5.41, 5.74) is -1.24. The number of aromatic nitrogens is 3. The van der Waals surface area contributed by atoms with E-state index in [4.69, 9.17) is 11.6 Å². The lowest BCUT2D eigenvalue weighted by atomic mass is 10.2. The number of carboxylic acids is 1. The molecule has 23 heavy (non-hydrogen) atoms. The van der Waals surface area contributed by atoms with Gasteiger partial charge in [-0.25, -0.2) is 14.5 Å². The Kier molecular flexibility index (Phi) is 3.48. The summed E-state index contributed by atoms with van der Waals surface area (Å²) in [7, 11) is 0. The second-order valence-corrected chi connectivity index (χ2v) is 5.01. The van der Waals surface area contributed by atoms with Crippen LogP contribution in [0, 0.1) is 0 Å². The lowest BCUT2D eigenvalue weighted by molar-refractivity contribution is -0.137. The van der Waals surface area contributed by atoms with Gasteiger partial charge in [0.1, 0.15) is 0 Å². The van der Waals surface area contributed by atoms with Gasteiger partial charge in [-0.1, -0.05) is 11.6 Å². The van der Waals surface area contributed by atoms with Crippen LogP contribution in [-0.4, -0.2) is 25.8 Å². The van der Waals surface area contributed by atoms with Crippen molar-refractivity contribution in [3.05, 3.63) is 52.8 Å².